The Kier molecular flexibility index (Phi) is 5.81. The summed E-state index contributed by atoms with van der Waals surface area (Å²) in [5.74, 6) is -0.0167. The molecular weight excluding hydrogens is 394 g/mol. The van der Waals surface area contributed by atoms with Gasteiger partial charge in [-0.15, -0.1) is 0 Å². The van der Waals surface area contributed by atoms with Crippen molar-refractivity contribution < 1.29 is 13.9 Å². The van der Waals surface area contributed by atoms with E-state index in [1.54, 1.807) is 15.6 Å². The summed E-state index contributed by atoms with van der Waals surface area (Å²) in [6.45, 7) is 5.82. The van der Waals surface area contributed by atoms with Gasteiger partial charge >= 0.3 is 0 Å². The van der Waals surface area contributed by atoms with Crippen molar-refractivity contribution in [2.75, 3.05) is 38.2 Å². The van der Waals surface area contributed by atoms with Crippen LogP contribution in [0.2, 0.25) is 10.0 Å². The maximum absolute atomic E-state index is 14.3. The zero-order valence-electron chi connectivity index (χ0n) is 15.4. The standard InChI is InChI=1S/C18H21Cl2FN4O2/c1-11-18(20)12(2)25(22-11)10-17(26)24-6-4-23(5-7-24)15-9-16(27-3)13(19)8-14(15)21/h8-9H,4-7,10H2,1-3H3. The predicted molar refractivity (Wildman–Crippen MR) is 103 cm³/mol. The SMILES string of the molecule is COc1cc(N2CCN(C(=O)Cn3nc(C)c(Cl)c3C)CC2)c(F)cc1Cl. The third kappa shape index (κ3) is 3.99. The van der Waals surface area contributed by atoms with E-state index in [2.05, 4.69) is 5.10 Å². The number of hydrogen-bond donors (Lipinski definition) is 0. The molecule has 1 aromatic heterocycles. The average Bonchev–Trinajstić information content (AvgIpc) is 2.89. The van der Waals surface area contributed by atoms with Gasteiger partial charge in [0, 0.05) is 32.2 Å². The van der Waals surface area contributed by atoms with E-state index < -0.39 is 5.82 Å². The molecule has 0 saturated carbocycles. The second-order valence-corrected chi connectivity index (χ2v) is 7.23. The van der Waals surface area contributed by atoms with Gasteiger partial charge in [-0.05, 0) is 19.9 Å². The average molecular weight is 415 g/mol. The number of aryl methyl sites for hydroxylation is 1. The third-order valence-corrected chi connectivity index (χ3v) is 5.61. The summed E-state index contributed by atoms with van der Waals surface area (Å²) in [5, 5.41) is 5.11. The number of anilines is 1. The Morgan fingerprint density at radius 3 is 2.44 bits per heavy atom. The lowest BCUT2D eigenvalue weighted by Gasteiger charge is -2.36. The highest BCUT2D eigenvalue weighted by Crippen LogP contribution is 2.32. The maximum Gasteiger partial charge on any atom is 0.244 e. The van der Waals surface area contributed by atoms with Crippen LogP contribution >= 0.6 is 23.2 Å². The number of hydrogen-bond acceptors (Lipinski definition) is 4. The molecule has 27 heavy (non-hydrogen) atoms. The highest BCUT2D eigenvalue weighted by molar-refractivity contribution is 6.32. The number of carbonyl (C=O) groups is 1. The smallest absolute Gasteiger partial charge is 0.244 e. The Balaban J connectivity index is 1.65. The van der Waals surface area contributed by atoms with Crippen LogP contribution in [0.5, 0.6) is 5.75 Å². The number of piperazine rings is 1. The first-order valence-corrected chi connectivity index (χ1v) is 9.32. The highest BCUT2D eigenvalue weighted by Gasteiger charge is 2.25. The van der Waals surface area contributed by atoms with Crippen LogP contribution in [0.25, 0.3) is 0 Å². The first-order chi connectivity index (χ1) is 12.8. The molecule has 0 atom stereocenters. The fourth-order valence-electron chi connectivity index (χ4n) is 3.17. The van der Waals surface area contributed by atoms with E-state index in [9.17, 15) is 9.18 Å². The molecule has 0 spiro atoms. The molecule has 0 unspecified atom stereocenters. The fraction of sp³-hybridized carbons (Fsp3) is 0.444. The minimum atomic E-state index is -0.405. The van der Waals surface area contributed by atoms with Crippen molar-refractivity contribution >= 4 is 34.8 Å². The van der Waals surface area contributed by atoms with E-state index in [-0.39, 0.29) is 17.5 Å². The monoisotopic (exact) mass is 414 g/mol. The minimum absolute atomic E-state index is 0.0360. The number of halogens is 3. The van der Waals surface area contributed by atoms with E-state index in [0.717, 1.165) is 5.69 Å². The number of methoxy groups -OCH3 is 1. The largest absolute Gasteiger partial charge is 0.495 e. The number of nitrogens with zero attached hydrogens (tertiary/aromatic N) is 4. The molecule has 1 aliphatic rings. The van der Waals surface area contributed by atoms with E-state index in [1.165, 1.54) is 13.2 Å². The molecule has 0 radical (unpaired) electrons. The summed E-state index contributed by atoms with van der Waals surface area (Å²) in [4.78, 5) is 16.2. The predicted octanol–water partition coefficient (Wildman–Crippen LogP) is 3.30. The summed E-state index contributed by atoms with van der Waals surface area (Å²) in [6, 6.07) is 2.84. The zero-order valence-corrected chi connectivity index (χ0v) is 16.9. The van der Waals surface area contributed by atoms with Gasteiger partial charge in [0.15, 0.2) is 0 Å². The molecule has 0 aliphatic carbocycles. The molecule has 1 fully saturated rings. The third-order valence-electron chi connectivity index (χ3n) is 4.77. The Hall–Kier alpha value is -1.99. The van der Waals surface area contributed by atoms with E-state index in [0.29, 0.717) is 48.3 Å². The van der Waals surface area contributed by atoms with Crippen LogP contribution in [-0.4, -0.2) is 53.9 Å². The zero-order chi connectivity index (χ0) is 19.7. The Bertz CT molecular complexity index is 864. The van der Waals surface area contributed by atoms with Gasteiger partial charge in [0.05, 0.1) is 34.2 Å². The van der Waals surface area contributed by atoms with Gasteiger partial charge in [-0.3, -0.25) is 9.48 Å². The molecule has 2 aromatic rings. The van der Waals surface area contributed by atoms with E-state index in [1.807, 2.05) is 18.7 Å². The van der Waals surface area contributed by atoms with Crippen LogP contribution in [0.4, 0.5) is 10.1 Å². The summed E-state index contributed by atoms with van der Waals surface area (Å²) in [6.07, 6.45) is 0. The minimum Gasteiger partial charge on any atom is -0.495 e. The van der Waals surface area contributed by atoms with Gasteiger partial charge < -0.3 is 14.5 Å². The number of carbonyl (C=O) groups excluding carboxylic acids is 1. The van der Waals surface area contributed by atoms with Crippen LogP contribution in [0.15, 0.2) is 12.1 Å². The Labute approximate surface area is 167 Å². The lowest BCUT2D eigenvalue weighted by Crippen LogP contribution is -2.50. The topological polar surface area (TPSA) is 50.6 Å². The number of ether oxygens (including phenoxy) is 1. The molecular formula is C18H21Cl2FN4O2. The van der Waals surface area contributed by atoms with Gasteiger partial charge in [-0.1, -0.05) is 23.2 Å². The maximum atomic E-state index is 14.3. The summed E-state index contributed by atoms with van der Waals surface area (Å²) in [7, 11) is 1.49. The molecule has 0 N–H and O–H groups in total. The first kappa shape index (κ1) is 19.8. The number of amides is 1. The van der Waals surface area contributed by atoms with Crippen molar-refractivity contribution in [3.05, 3.63) is 39.4 Å². The van der Waals surface area contributed by atoms with Gasteiger partial charge in [0.25, 0.3) is 0 Å². The van der Waals surface area contributed by atoms with E-state index in [4.69, 9.17) is 27.9 Å². The lowest BCUT2D eigenvalue weighted by atomic mass is 10.2. The molecule has 6 nitrogen and oxygen atoms in total. The normalized spacial score (nSPS) is 14.6. The van der Waals surface area contributed by atoms with Crippen LogP contribution in [0, 0.1) is 19.7 Å². The number of aromatic nitrogens is 2. The molecule has 2 heterocycles. The number of rotatable bonds is 4. The van der Waals surface area contributed by atoms with Crippen molar-refractivity contribution in [1.82, 2.24) is 14.7 Å². The second-order valence-electron chi connectivity index (χ2n) is 6.45. The Morgan fingerprint density at radius 2 is 1.89 bits per heavy atom. The van der Waals surface area contributed by atoms with E-state index >= 15 is 0 Å². The van der Waals surface area contributed by atoms with Crippen LogP contribution in [0.1, 0.15) is 11.4 Å². The molecule has 3 rings (SSSR count). The lowest BCUT2D eigenvalue weighted by molar-refractivity contribution is -0.132. The summed E-state index contributed by atoms with van der Waals surface area (Å²) in [5.41, 5.74) is 1.91. The van der Waals surface area contributed by atoms with Crippen LogP contribution < -0.4 is 9.64 Å². The van der Waals surface area contributed by atoms with Crippen LogP contribution in [-0.2, 0) is 11.3 Å². The molecule has 146 valence electrons. The van der Waals surface area contributed by atoms with Crippen LogP contribution in [0.3, 0.4) is 0 Å². The highest BCUT2D eigenvalue weighted by atomic mass is 35.5. The first-order valence-electron chi connectivity index (χ1n) is 8.57. The molecule has 1 amide bonds. The second kappa shape index (κ2) is 7.94. The van der Waals surface area contributed by atoms with Gasteiger partial charge in [0.1, 0.15) is 18.1 Å². The van der Waals surface area contributed by atoms with Crippen molar-refractivity contribution in [3.8, 4) is 5.75 Å². The molecule has 1 saturated heterocycles. The van der Waals surface area contributed by atoms with Crippen molar-refractivity contribution in [1.29, 1.82) is 0 Å². The summed E-state index contributed by atoms with van der Waals surface area (Å²) < 4.78 is 21.1. The quantitative estimate of drug-likeness (QED) is 0.769. The Morgan fingerprint density at radius 1 is 1.22 bits per heavy atom. The number of benzene rings is 1. The van der Waals surface area contributed by atoms with Crippen molar-refractivity contribution in [2.24, 2.45) is 0 Å². The van der Waals surface area contributed by atoms with Crippen molar-refractivity contribution in [3.63, 3.8) is 0 Å². The summed E-state index contributed by atoms with van der Waals surface area (Å²) >= 11 is 12.1. The molecule has 9 heteroatoms. The van der Waals surface area contributed by atoms with Gasteiger partial charge in [-0.25, -0.2) is 4.39 Å². The molecule has 1 aliphatic heterocycles. The van der Waals surface area contributed by atoms with Crippen molar-refractivity contribution in [2.45, 2.75) is 20.4 Å². The van der Waals surface area contributed by atoms with Gasteiger partial charge in [-0.2, -0.15) is 5.10 Å². The fourth-order valence-corrected chi connectivity index (χ4v) is 3.53. The van der Waals surface area contributed by atoms with Gasteiger partial charge in [0.2, 0.25) is 5.91 Å². The molecule has 1 aromatic carbocycles. The molecule has 0 bridgehead atoms.